The first-order valence-electron chi connectivity index (χ1n) is 5.76. The molecule has 1 amide bonds. The summed E-state index contributed by atoms with van der Waals surface area (Å²) in [5, 5.41) is 1.97. The van der Waals surface area contributed by atoms with Crippen molar-refractivity contribution < 1.29 is 9.21 Å². The zero-order valence-corrected chi connectivity index (χ0v) is 10.2. The van der Waals surface area contributed by atoms with Crippen molar-refractivity contribution in [3.05, 3.63) is 34.7 Å². The Labute approximate surface area is 104 Å². The molecular formula is C13H13NO2S. The molecule has 1 fully saturated rings. The summed E-state index contributed by atoms with van der Waals surface area (Å²) in [7, 11) is 0. The molecule has 0 aromatic carbocycles. The fourth-order valence-corrected chi connectivity index (χ4v) is 2.96. The quantitative estimate of drug-likeness (QED) is 0.816. The molecule has 2 aromatic rings. The van der Waals surface area contributed by atoms with Crippen molar-refractivity contribution >= 4 is 17.2 Å². The van der Waals surface area contributed by atoms with Crippen LogP contribution in [-0.4, -0.2) is 23.9 Å². The number of nitrogens with zero attached hydrogens (tertiary/aromatic N) is 1. The minimum atomic E-state index is 0.158. The van der Waals surface area contributed by atoms with Gasteiger partial charge in [0, 0.05) is 24.0 Å². The van der Waals surface area contributed by atoms with Crippen molar-refractivity contribution in [2.45, 2.75) is 12.8 Å². The second-order valence-corrected chi connectivity index (χ2v) is 5.09. The highest BCUT2D eigenvalue weighted by Gasteiger charge is 2.21. The highest BCUT2D eigenvalue weighted by atomic mass is 32.1. The lowest BCUT2D eigenvalue weighted by atomic mass is 10.2. The highest BCUT2D eigenvalue weighted by molar-refractivity contribution is 7.12. The summed E-state index contributed by atoms with van der Waals surface area (Å²) in [6, 6.07) is 5.69. The monoisotopic (exact) mass is 247 g/mol. The summed E-state index contributed by atoms with van der Waals surface area (Å²) >= 11 is 1.49. The summed E-state index contributed by atoms with van der Waals surface area (Å²) in [5.41, 5.74) is 0.988. The SMILES string of the molecule is O=C(c1cc(-c2ccco2)cs1)N1CCCC1. The maximum atomic E-state index is 12.1. The third kappa shape index (κ3) is 2.00. The molecule has 0 bridgehead atoms. The van der Waals surface area contributed by atoms with E-state index in [1.165, 1.54) is 11.3 Å². The predicted molar refractivity (Wildman–Crippen MR) is 67.2 cm³/mol. The van der Waals surface area contributed by atoms with Crippen molar-refractivity contribution in [2.75, 3.05) is 13.1 Å². The molecule has 3 rings (SSSR count). The first kappa shape index (κ1) is 10.6. The van der Waals surface area contributed by atoms with Gasteiger partial charge in [0.05, 0.1) is 11.1 Å². The molecule has 0 radical (unpaired) electrons. The Bertz CT molecular complexity index is 509. The minimum Gasteiger partial charge on any atom is -0.464 e. The maximum absolute atomic E-state index is 12.1. The molecule has 1 saturated heterocycles. The Morgan fingerprint density at radius 1 is 1.35 bits per heavy atom. The average molecular weight is 247 g/mol. The van der Waals surface area contributed by atoms with E-state index in [2.05, 4.69) is 0 Å². The van der Waals surface area contributed by atoms with E-state index in [4.69, 9.17) is 4.42 Å². The van der Waals surface area contributed by atoms with E-state index in [-0.39, 0.29) is 5.91 Å². The van der Waals surface area contributed by atoms with Gasteiger partial charge in [-0.1, -0.05) is 0 Å². The van der Waals surface area contributed by atoms with Gasteiger partial charge in [-0.3, -0.25) is 4.79 Å². The van der Waals surface area contributed by atoms with Gasteiger partial charge in [0.2, 0.25) is 0 Å². The highest BCUT2D eigenvalue weighted by Crippen LogP contribution is 2.27. The van der Waals surface area contributed by atoms with Crippen LogP contribution in [-0.2, 0) is 0 Å². The van der Waals surface area contributed by atoms with E-state index < -0.39 is 0 Å². The number of likely N-dealkylation sites (tertiary alicyclic amines) is 1. The number of hydrogen-bond donors (Lipinski definition) is 0. The van der Waals surface area contributed by atoms with Gasteiger partial charge in [0.15, 0.2) is 0 Å². The third-order valence-electron chi connectivity index (χ3n) is 3.01. The number of hydrogen-bond acceptors (Lipinski definition) is 3. The van der Waals surface area contributed by atoms with Gasteiger partial charge >= 0.3 is 0 Å². The number of carbonyl (C=O) groups excluding carboxylic acids is 1. The maximum Gasteiger partial charge on any atom is 0.263 e. The fourth-order valence-electron chi connectivity index (χ4n) is 2.10. The van der Waals surface area contributed by atoms with Gasteiger partial charge in [-0.15, -0.1) is 11.3 Å². The molecule has 0 aliphatic carbocycles. The Hall–Kier alpha value is -1.55. The van der Waals surface area contributed by atoms with Crippen LogP contribution >= 0.6 is 11.3 Å². The molecule has 3 nitrogen and oxygen atoms in total. The number of carbonyl (C=O) groups is 1. The Kier molecular flexibility index (Phi) is 2.73. The van der Waals surface area contributed by atoms with Crippen molar-refractivity contribution in [3.8, 4) is 11.3 Å². The van der Waals surface area contributed by atoms with Crippen LogP contribution in [0.15, 0.2) is 34.3 Å². The summed E-state index contributed by atoms with van der Waals surface area (Å²) in [4.78, 5) is 14.9. The van der Waals surface area contributed by atoms with Gasteiger partial charge in [0.1, 0.15) is 5.76 Å². The molecule has 4 heteroatoms. The normalized spacial score (nSPS) is 15.4. The van der Waals surface area contributed by atoms with Crippen LogP contribution in [0.1, 0.15) is 22.5 Å². The van der Waals surface area contributed by atoms with Gasteiger partial charge in [-0.2, -0.15) is 0 Å². The largest absolute Gasteiger partial charge is 0.464 e. The van der Waals surface area contributed by atoms with Crippen LogP contribution < -0.4 is 0 Å². The summed E-state index contributed by atoms with van der Waals surface area (Å²) < 4.78 is 5.32. The molecule has 88 valence electrons. The molecule has 0 unspecified atom stereocenters. The van der Waals surface area contributed by atoms with Gasteiger partial charge in [0.25, 0.3) is 5.91 Å². The molecule has 0 N–H and O–H groups in total. The van der Waals surface area contributed by atoms with Gasteiger partial charge < -0.3 is 9.32 Å². The first-order chi connectivity index (χ1) is 8.34. The summed E-state index contributed by atoms with van der Waals surface area (Å²) in [6.45, 7) is 1.79. The zero-order chi connectivity index (χ0) is 11.7. The molecular weight excluding hydrogens is 234 g/mol. The summed E-state index contributed by atoms with van der Waals surface area (Å²) in [6.07, 6.45) is 3.90. The summed E-state index contributed by atoms with van der Waals surface area (Å²) in [5.74, 6) is 0.979. The van der Waals surface area contributed by atoms with E-state index in [9.17, 15) is 4.79 Å². The fraction of sp³-hybridized carbons (Fsp3) is 0.308. The second kappa shape index (κ2) is 4.37. The van der Waals surface area contributed by atoms with Gasteiger partial charge in [-0.05, 0) is 31.0 Å². The minimum absolute atomic E-state index is 0.158. The Morgan fingerprint density at radius 3 is 2.88 bits per heavy atom. The van der Waals surface area contributed by atoms with E-state index in [1.807, 2.05) is 28.5 Å². The molecule has 1 aliphatic heterocycles. The Balaban J connectivity index is 1.82. The van der Waals surface area contributed by atoms with Crippen LogP contribution in [0.4, 0.5) is 0 Å². The predicted octanol–water partition coefficient (Wildman–Crippen LogP) is 3.24. The lowest BCUT2D eigenvalue weighted by Crippen LogP contribution is -2.26. The van der Waals surface area contributed by atoms with Crippen LogP contribution in [0.5, 0.6) is 0 Å². The average Bonchev–Trinajstić information content (AvgIpc) is 3.09. The van der Waals surface area contributed by atoms with Crippen molar-refractivity contribution in [1.82, 2.24) is 4.90 Å². The van der Waals surface area contributed by atoms with Crippen LogP contribution in [0, 0.1) is 0 Å². The third-order valence-corrected chi connectivity index (χ3v) is 3.93. The van der Waals surface area contributed by atoms with Gasteiger partial charge in [-0.25, -0.2) is 0 Å². The molecule has 0 spiro atoms. The molecule has 3 heterocycles. The Morgan fingerprint density at radius 2 is 2.18 bits per heavy atom. The second-order valence-electron chi connectivity index (χ2n) is 4.18. The van der Waals surface area contributed by atoms with Crippen molar-refractivity contribution in [1.29, 1.82) is 0 Å². The zero-order valence-electron chi connectivity index (χ0n) is 9.39. The van der Waals surface area contributed by atoms with Crippen LogP contribution in [0.2, 0.25) is 0 Å². The first-order valence-corrected chi connectivity index (χ1v) is 6.64. The van der Waals surface area contributed by atoms with Crippen molar-refractivity contribution in [2.24, 2.45) is 0 Å². The molecule has 1 aliphatic rings. The topological polar surface area (TPSA) is 33.5 Å². The van der Waals surface area contributed by atoms with Crippen molar-refractivity contribution in [3.63, 3.8) is 0 Å². The smallest absolute Gasteiger partial charge is 0.263 e. The number of furan rings is 1. The van der Waals surface area contributed by atoms with E-state index in [0.29, 0.717) is 0 Å². The lowest BCUT2D eigenvalue weighted by molar-refractivity contribution is 0.0797. The standard InChI is InChI=1S/C13H13NO2S/c15-13(14-5-1-2-6-14)12-8-10(9-17-12)11-4-3-7-16-11/h3-4,7-9H,1-2,5-6H2. The number of rotatable bonds is 2. The molecule has 17 heavy (non-hydrogen) atoms. The van der Waals surface area contributed by atoms with E-state index in [0.717, 1.165) is 42.1 Å². The lowest BCUT2D eigenvalue weighted by Gasteiger charge is -2.13. The van der Waals surface area contributed by atoms with Crippen LogP contribution in [0.25, 0.3) is 11.3 Å². The number of amides is 1. The molecule has 0 atom stereocenters. The van der Waals surface area contributed by atoms with E-state index >= 15 is 0 Å². The molecule has 0 saturated carbocycles. The van der Waals surface area contributed by atoms with Crippen LogP contribution in [0.3, 0.4) is 0 Å². The molecule has 2 aromatic heterocycles. The number of thiophene rings is 1. The van der Waals surface area contributed by atoms with E-state index in [1.54, 1.807) is 6.26 Å².